The Morgan fingerprint density at radius 2 is 2.21 bits per heavy atom. The van der Waals surface area contributed by atoms with E-state index in [0.29, 0.717) is 6.42 Å². The summed E-state index contributed by atoms with van der Waals surface area (Å²) in [6.07, 6.45) is 8.28. The second kappa shape index (κ2) is 6.24. The molecule has 1 fully saturated rings. The summed E-state index contributed by atoms with van der Waals surface area (Å²) in [6.45, 7) is 1.99. The van der Waals surface area contributed by atoms with Crippen LogP contribution in [0.5, 0.6) is 0 Å². The minimum Gasteiger partial charge on any atom is -0.469 e. The lowest BCUT2D eigenvalue weighted by atomic mass is 9.80. The Hall–Kier alpha value is -1.29. The van der Waals surface area contributed by atoms with Gasteiger partial charge in [-0.25, -0.2) is 0 Å². The van der Waals surface area contributed by atoms with E-state index >= 15 is 0 Å². The summed E-state index contributed by atoms with van der Waals surface area (Å²) in [5, 5.41) is 3.01. The first-order valence-electron chi connectivity index (χ1n) is 7.18. The van der Waals surface area contributed by atoms with E-state index in [1.165, 1.54) is 6.42 Å². The van der Waals surface area contributed by atoms with Crippen LogP contribution in [-0.4, -0.2) is 17.5 Å². The number of carbonyl (C=O) groups is 1. The van der Waals surface area contributed by atoms with Gasteiger partial charge in [0.1, 0.15) is 5.76 Å². The Morgan fingerprint density at radius 3 is 2.84 bits per heavy atom. The molecule has 106 valence electrons. The Labute approximate surface area is 114 Å². The van der Waals surface area contributed by atoms with Crippen LogP contribution in [0, 0.1) is 0 Å². The molecule has 4 nitrogen and oxygen atoms in total. The van der Waals surface area contributed by atoms with Gasteiger partial charge in [-0.2, -0.15) is 0 Å². The van der Waals surface area contributed by atoms with Gasteiger partial charge < -0.3 is 15.5 Å². The van der Waals surface area contributed by atoms with Gasteiger partial charge in [-0.15, -0.1) is 0 Å². The van der Waals surface area contributed by atoms with Gasteiger partial charge in [-0.05, 0) is 31.9 Å². The molecule has 1 aromatic rings. The van der Waals surface area contributed by atoms with Gasteiger partial charge in [-0.1, -0.05) is 19.3 Å². The third-order valence-electron chi connectivity index (χ3n) is 3.86. The van der Waals surface area contributed by atoms with E-state index in [9.17, 15) is 4.79 Å². The molecule has 1 heterocycles. The minimum absolute atomic E-state index is 0.0588. The van der Waals surface area contributed by atoms with Crippen LogP contribution in [0.2, 0.25) is 0 Å². The maximum Gasteiger partial charge on any atom is 0.222 e. The molecular formula is C15H24N2O2. The standard InChI is InChI=1S/C15H24N2O2/c1-12(10-13-6-5-9-19-13)17-14(18)11-15(16)7-3-2-4-8-15/h5-6,9,12H,2-4,7-8,10-11,16H2,1H3,(H,17,18). The number of hydrogen-bond donors (Lipinski definition) is 2. The Balaban J connectivity index is 1.77. The quantitative estimate of drug-likeness (QED) is 0.858. The minimum atomic E-state index is -0.285. The van der Waals surface area contributed by atoms with Crippen molar-refractivity contribution >= 4 is 5.91 Å². The molecule has 1 atom stereocenters. The van der Waals surface area contributed by atoms with Crippen LogP contribution in [0.15, 0.2) is 22.8 Å². The highest BCUT2D eigenvalue weighted by Gasteiger charge is 2.30. The summed E-state index contributed by atoms with van der Waals surface area (Å²) < 4.78 is 5.28. The smallest absolute Gasteiger partial charge is 0.222 e. The highest BCUT2D eigenvalue weighted by Crippen LogP contribution is 2.28. The summed E-state index contributed by atoms with van der Waals surface area (Å²) in [5.74, 6) is 0.955. The number of amides is 1. The van der Waals surface area contributed by atoms with Crippen LogP contribution in [0.25, 0.3) is 0 Å². The molecule has 0 aromatic carbocycles. The second-order valence-electron chi connectivity index (χ2n) is 5.85. The summed E-state index contributed by atoms with van der Waals surface area (Å²) in [5.41, 5.74) is 6.01. The van der Waals surface area contributed by atoms with Crippen LogP contribution in [0.4, 0.5) is 0 Å². The number of carbonyl (C=O) groups excluding carboxylic acids is 1. The van der Waals surface area contributed by atoms with E-state index in [4.69, 9.17) is 10.2 Å². The second-order valence-corrected chi connectivity index (χ2v) is 5.85. The summed E-state index contributed by atoms with van der Waals surface area (Å²) >= 11 is 0. The summed E-state index contributed by atoms with van der Waals surface area (Å²) in [4.78, 5) is 12.0. The number of nitrogens with one attached hydrogen (secondary N) is 1. The largest absolute Gasteiger partial charge is 0.469 e. The fraction of sp³-hybridized carbons (Fsp3) is 0.667. The maximum atomic E-state index is 12.0. The van der Waals surface area contributed by atoms with Crippen molar-refractivity contribution in [2.24, 2.45) is 5.73 Å². The Kier molecular flexibility index (Phi) is 4.64. The van der Waals surface area contributed by atoms with Crippen LogP contribution in [-0.2, 0) is 11.2 Å². The molecule has 1 amide bonds. The van der Waals surface area contributed by atoms with E-state index in [0.717, 1.165) is 37.9 Å². The van der Waals surface area contributed by atoms with Crippen LogP contribution >= 0.6 is 0 Å². The van der Waals surface area contributed by atoms with Crippen molar-refractivity contribution in [1.29, 1.82) is 0 Å². The normalized spacial score (nSPS) is 19.9. The van der Waals surface area contributed by atoms with E-state index < -0.39 is 0 Å². The lowest BCUT2D eigenvalue weighted by Crippen LogP contribution is -2.47. The van der Waals surface area contributed by atoms with Crippen molar-refractivity contribution in [3.8, 4) is 0 Å². The first-order valence-corrected chi connectivity index (χ1v) is 7.18. The fourth-order valence-electron chi connectivity index (χ4n) is 2.86. The molecule has 0 saturated heterocycles. The van der Waals surface area contributed by atoms with Gasteiger partial charge >= 0.3 is 0 Å². The molecule has 2 rings (SSSR count). The van der Waals surface area contributed by atoms with E-state index in [-0.39, 0.29) is 17.5 Å². The highest BCUT2D eigenvalue weighted by atomic mass is 16.3. The highest BCUT2D eigenvalue weighted by molar-refractivity contribution is 5.77. The van der Waals surface area contributed by atoms with Crippen molar-refractivity contribution < 1.29 is 9.21 Å². The van der Waals surface area contributed by atoms with E-state index in [1.54, 1.807) is 6.26 Å². The first-order chi connectivity index (χ1) is 9.07. The zero-order valence-corrected chi connectivity index (χ0v) is 11.7. The monoisotopic (exact) mass is 264 g/mol. The van der Waals surface area contributed by atoms with Gasteiger partial charge in [0.15, 0.2) is 0 Å². The summed E-state index contributed by atoms with van der Waals surface area (Å²) in [6, 6.07) is 3.86. The molecule has 1 aliphatic carbocycles. The van der Waals surface area contributed by atoms with Gasteiger partial charge in [0.25, 0.3) is 0 Å². The zero-order valence-electron chi connectivity index (χ0n) is 11.7. The maximum absolute atomic E-state index is 12.0. The van der Waals surface area contributed by atoms with Crippen molar-refractivity contribution in [2.75, 3.05) is 0 Å². The molecule has 1 aromatic heterocycles. The van der Waals surface area contributed by atoms with Crippen molar-refractivity contribution in [3.63, 3.8) is 0 Å². The fourth-order valence-corrected chi connectivity index (χ4v) is 2.86. The van der Waals surface area contributed by atoms with E-state index in [1.807, 2.05) is 19.1 Å². The Morgan fingerprint density at radius 1 is 1.47 bits per heavy atom. The average Bonchev–Trinajstić information content (AvgIpc) is 2.81. The molecule has 1 aliphatic rings. The van der Waals surface area contributed by atoms with Crippen molar-refractivity contribution in [1.82, 2.24) is 5.32 Å². The first kappa shape index (κ1) is 14.1. The molecule has 4 heteroatoms. The summed E-state index contributed by atoms with van der Waals surface area (Å²) in [7, 11) is 0. The van der Waals surface area contributed by atoms with Gasteiger partial charge in [0.2, 0.25) is 5.91 Å². The van der Waals surface area contributed by atoms with Crippen molar-refractivity contribution in [3.05, 3.63) is 24.2 Å². The lowest BCUT2D eigenvalue weighted by Gasteiger charge is -2.33. The van der Waals surface area contributed by atoms with Gasteiger partial charge in [-0.3, -0.25) is 4.79 Å². The predicted octanol–water partition coefficient (Wildman–Crippen LogP) is 2.38. The van der Waals surface area contributed by atoms with E-state index in [2.05, 4.69) is 5.32 Å². The third kappa shape index (κ3) is 4.39. The van der Waals surface area contributed by atoms with Gasteiger partial charge in [0.05, 0.1) is 6.26 Å². The number of rotatable bonds is 5. The molecule has 3 N–H and O–H groups in total. The topological polar surface area (TPSA) is 68.3 Å². The molecular weight excluding hydrogens is 240 g/mol. The molecule has 0 bridgehead atoms. The van der Waals surface area contributed by atoms with Crippen LogP contribution in [0.3, 0.4) is 0 Å². The number of hydrogen-bond acceptors (Lipinski definition) is 3. The number of nitrogens with two attached hydrogens (primary N) is 1. The molecule has 1 saturated carbocycles. The average molecular weight is 264 g/mol. The molecule has 0 aliphatic heterocycles. The predicted molar refractivity (Wildman–Crippen MR) is 74.6 cm³/mol. The Bertz CT molecular complexity index is 394. The lowest BCUT2D eigenvalue weighted by molar-refractivity contribution is -0.123. The third-order valence-corrected chi connectivity index (χ3v) is 3.86. The molecule has 0 radical (unpaired) electrons. The molecule has 0 spiro atoms. The zero-order chi connectivity index (χ0) is 13.7. The SMILES string of the molecule is CC(Cc1ccco1)NC(=O)CC1(N)CCCCC1. The molecule has 19 heavy (non-hydrogen) atoms. The van der Waals surface area contributed by atoms with Crippen molar-refractivity contribution in [2.45, 2.75) is 63.5 Å². The van der Waals surface area contributed by atoms with Gasteiger partial charge in [0, 0.05) is 24.4 Å². The molecule has 1 unspecified atom stereocenters. The number of furan rings is 1. The van der Waals surface area contributed by atoms with Crippen LogP contribution in [0.1, 0.15) is 51.2 Å². The van der Waals surface area contributed by atoms with Crippen LogP contribution < -0.4 is 11.1 Å².